The summed E-state index contributed by atoms with van der Waals surface area (Å²) in [6.45, 7) is 9.15. The Kier molecular flexibility index (Phi) is 10.5. The third kappa shape index (κ3) is 8.11. The molecule has 2 aromatic heterocycles. The van der Waals surface area contributed by atoms with Crippen LogP contribution in [0.5, 0.6) is 5.75 Å². The molecule has 10 nitrogen and oxygen atoms in total. The van der Waals surface area contributed by atoms with E-state index in [1.165, 1.54) is 12.0 Å². The lowest BCUT2D eigenvalue weighted by Crippen LogP contribution is -2.52. The van der Waals surface area contributed by atoms with Gasteiger partial charge in [-0.05, 0) is 52.2 Å². The van der Waals surface area contributed by atoms with Crippen molar-refractivity contribution >= 4 is 40.0 Å². The number of amides is 2. The van der Waals surface area contributed by atoms with E-state index < -0.39 is 41.8 Å². The zero-order valence-electron chi connectivity index (χ0n) is 27.5. The van der Waals surface area contributed by atoms with E-state index >= 15 is 0 Å². The van der Waals surface area contributed by atoms with Crippen LogP contribution in [0.1, 0.15) is 59.3 Å². The molecule has 248 valence electrons. The molecule has 4 aromatic rings. The first-order valence-electron chi connectivity index (χ1n) is 16.1. The molecule has 0 bridgehead atoms. The number of carbonyl (C=O) groups excluding carboxylic acids is 3. The molecule has 5 rings (SSSR count). The number of unbranched alkanes of at least 4 members (excludes halogenated alkanes) is 3. The van der Waals surface area contributed by atoms with E-state index in [1.807, 2.05) is 66.7 Å². The average Bonchev–Trinajstić information content (AvgIpc) is 3.65. The van der Waals surface area contributed by atoms with E-state index in [-0.39, 0.29) is 13.0 Å². The van der Waals surface area contributed by atoms with Crippen molar-refractivity contribution in [3.05, 3.63) is 73.3 Å². The Hall–Kier alpha value is -4.86. The highest BCUT2D eigenvalue weighted by Gasteiger charge is 2.44. The van der Waals surface area contributed by atoms with Crippen molar-refractivity contribution in [1.29, 1.82) is 0 Å². The number of benzene rings is 2. The van der Waals surface area contributed by atoms with Crippen LogP contribution in [-0.4, -0.2) is 65.3 Å². The summed E-state index contributed by atoms with van der Waals surface area (Å²) in [6.07, 6.45) is 4.52. The van der Waals surface area contributed by atoms with Crippen molar-refractivity contribution in [3.63, 3.8) is 0 Å². The van der Waals surface area contributed by atoms with Crippen molar-refractivity contribution in [2.75, 3.05) is 13.7 Å². The molecule has 47 heavy (non-hydrogen) atoms. The predicted octanol–water partition coefficient (Wildman–Crippen LogP) is 7.20. The zero-order valence-corrected chi connectivity index (χ0v) is 27.5. The molecule has 0 saturated carbocycles. The van der Waals surface area contributed by atoms with Crippen LogP contribution in [0.3, 0.4) is 0 Å². The number of esters is 1. The van der Waals surface area contributed by atoms with E-state index in [0.717, 1.165) is 30.2 Å². The minimum absolute atomic E-state index is 0.103. The van der Waals surface area contributed by atoms with Crippen LogP contribution in [0.25, 0.3) is 33.3 Å². The third-order valence-electron chi connectivity index (χ3n) is 8.07. The molecular formula is C37H43N3O7. The van der Waals surface area contributed by atoms with E-state index in [4.69, 9.17) is 23.6 Å². The minimum Gasteiger partial charge on any atom is -0.484 e. The smallest absolute Gasteiger partial charge is 0.408 e. The Morgan fingerprint density at radius 2 is 1.83 bits per heavy atom. The average molecular weight is 642 g/mol. The van der Waals surface area contributed by atoms with Crippen LogP contribution in [0.4, 0.5) is 4.79 Å². The van der Waals surface area contributed by atoms with Crippen molar-refractivity contribution in [2.45, 2.75) is 83.1 Å². The summed E-state index contributed by atoms with van der Waals surface area (Å²) in [6, 6.07) is 17.4. The maximum atomic E-state index is 14.1. The lowest BCUT2D eigenvalue weighted by atomic mass is 10.1. The van der Waals surface area contributed by atoms with Gasteiger partial charge in [0.2, 0.25) is 5.91 Å². The number of ether oxygens (including phenoxy) is 3. The number of pyridine rings is 1. The Morgan fingerprint density at radius 1 is 1.09 bits per heavy atom. The number of carbonyl (C=O) groups is 3. The van der Waals surface area contributed by atoms with Gasteiger partial charge in [0.25, 0.3) is 0 Å². The molecular weight excluding hydrogens is 598 g/mol. The van der Waals surface area contributed by atoms with Crippen LogP contribution in [0, 0.1) is 0 Å². The summed E-state index contributed by atoms with van der Waals surface area (Å²) >= 11 is 0. The lowest BCUT2D eigenvalue weighted by Gasteiger charge is -2.29. The Bertz CT molecular complexity index is 1730. The highest BCUT2D eigenvalue weighted by Crippen LogP contribution is 2.38. The number of methoxy groups -OCH3 is 1. The number of fused-ring (bicyclic) bond motifs is 3. The summed E-state index contributed by atoms with van der Waals surface area (Å²) in [5.41, 5.74) is 2.68. The first kappa shape index (κ1) is 33.5. The van der Waals surface area contributed by atoms with Crippen molar-refractivity contribution in [3.8, 4) is 17.0 Å². The molecule has 1 N–H and O–H groups in total. The SMILES string of the molecule is C=CCCCCC[C@H](NC(=O)OC(C)(C)C)C(=O)N1C[C@H](Oc2cc(-c3ccccc3)nc3c2oc2ccccc23)C[C@H]1C(=O)OC. The second-order valence-corrected chi connectivity index (χ2v) is 12.8. The number of hydrogen-bond donors (Lipinski definition) is 1. The van der Waals surface area contributed by atoms with Gasteiger partial charge < -0.3 is 28.8 Å². The third-order valence-corrected chi connectivity index (χ3v) is 8.07. The molecule has 1 fully saturated rings. The first-order chi connectivity index (χ1) is 22.6. The van der Waals surface area contributed by atoms with E-state index in [9.17, 15) is 14.4 Å². The molecule has 0 radical (unpaired) electrons. The lowest BCUT2D eigenvalue weighted by molar-refractivity contribution is -0.151. The highest BCUT2D eigenvalue weighted by molar-refractivity contribution is 6.05. The number of nitrogens with zero attached hydrogens (tertiary/aromatic N) is 2. The maximum absolute atomic E-state index is 14.1. The summed E-state index contributed by atoms with van der Waals surface area (Å²) < 4.78 is 23.4. The molecule has 3 heterocycles. The molecule has 2 aromatic carbocycles. The van der Waals surface area contributed by atoms with Gasteiger partial charge in [-0.2, -0.15) is 0 Å². The van der Waals surface area contributed by atoms with Gasteiger partial charge in [0.05, 0.1) is 19.3 Å². The fourth-order valence-electron chi connectivity index (χ4n) is 5.88. The topological polar surface area (TPSA) is 120 Å². The molecule has 1 saturated heterocycles. The number of allylic oxidation sites excluding steroid dienone is 1. The Labute approximate surface area is 275 Å². The number of alkyl carbamates (subject to hydrolysis) is 1. The van der Waals surface area contributed by atoms with Gasteiger partial charge in [-0.25, -0.2) is 14.6 Å². The standard InChI is InChI=1S/C37H43N3O7/c1-6-7-8-9-13-19-27(39-36(43)47-37(2,3)4)34(41)40-23-25(21-29(40)35(42)44-5)45-31-22-28(24-16-11-10-12-17-24)38-32-26-18-14-15-20-30(26)46-33(31)32/h6,10-12,14-18,20,22,25,27,29H,1,7-9,13,19,21,23H2,2-5H3,(H,39,43)/t25-,27+,29+/m1/s1. The molecule has 1 aliphatic rings. The summed E-state index contributed by atoms with van der Waals surface area (Å²) in [7, 11) is 1.29. The number of furan rings is 1. The molecule has 2 amide bonds. The normalized spacial score (nSPS) is 17.0. The van der Waals surface area contributed by atoms with Gasteiger partial charge in [-0.15, -0.1) is 6.58 Å². The fraction of sp³-hybridized carbons (Fsp3) is 0.405. The van der Waals surface area contributed by atoms with Crippen LogP contribution < -0.4 is 10.1 Å². The first-order valence-corrected chi connectivity index (χ1v) is 16.1. The number of aromatic nitrogens is 1. The maximum Gasteiger partial charge on any atom is 0.408 e. The number of rotatable bonds is 12. The van der Waals surface area contributed by atoms with Gasteiger partial charge >= 0.3 is 12.1 Å². The van der Waals surface area contributed by atoms with E-state index in [2.05, 4.69) is 11.9 Å². The van der Waals surface area contributed by atoms with Gasteiger partial charge in [-0.3, -0.25) is 4.79 Å². The molecule has 10 heteroatoms. The fourth-order valence-corrected chi connectivity index (χ4v) is 5.88. The summed E-state index contributed by atoms with van der Waals surface area (Å²) in [4.78, 5) is 46.3. The summed E-state index contributed by atoms with van der Waals surface area (Å²) in [5, 5.41) is 3.61. The van der Waals surface area contributed by atoms with E-state index in [0.29, 0.717) is 41.0 Å². The van der Waals surface area contributed by atoms with Crippen molar-refractivity contribution in [2.24, 2.45) is 0 Å². The van der Waals surface area contributed by atoms with Gasteiger partial charge in [0, 0.05) is 23.4 Å². The zero-order chi connectivity index (χ0) is 33.6. The van der Waals surface area contributed by atoms with E-state index in [1.54, 1.807) is 20.8 Å². The Balaban J connectivity index is 1.43. The largest absolute Gasteiger partial charge is 0.484 e. The van der Waals surface area contributed by atoms with Crippen LogP contribution in [-0.2, 0) is 19.1 Å². The molecule has 3 atom stereocenters. The number of para-hydroxylation sites is 1. The Morgan fingerprint density at radius 3 is 2.55 bits per heavy atom. The second-order valence-electron chi connectivity index (χ2n) is 12.8. The van der Waals surface area contributed by atoms with Crippen LogP contribution in [0.2, 0.25) is 0 Å². The number of hydrogen-bond acceptors (Lipinski definition) is 8. The van der Waals surface area contributed by atoms with Gasteiger partial charge in [0.1, 0.15) is 34.9 Å². The van der Waals surface area contributed by atoms with Crippen molar-refractivity contribution in [1.82, 2.24) is 15.2 Å². The summed E-state index contributed by atoms with van der Waals surface area (Å²) in [5.74, 6) is -0.492. The van der Waals surface area contributed by atoms with Crippen LogP contribution in [0.15, 0.2) is 77.7 Å². The minimum atomic E-state index is -0.900. The number of likely N-dealkylation sites (tertiary alicyclic amines) is 1. The van der Waals surface area contributed by atoms with Crippen molar-refractivity contribution < 1.29 is 33.0 Å². The second kappa shape index (κ2) is 14.7. The predicted molar refractivity (Wildman–Crippen MR) is 180 cm³/mol. The molecule has 0 unspecified atom stereocenters. The van der Waals surface area contributed by atoms with Gasteiger partial charge in [-0.1, -0.05) is 61.4 Å². The molecule has 0 aliphatic carbocycles. The quantitative estimate of drug-likeness (QED) is 0.0980. The highest BCUT2D eigenvalue weighted by atomic mass is 16.6. The number of nitrogens with one attached hydrogen (secondary N) is 1. The van der Waals surface area contributed by atoms with Gasteiger partial charge in [0.15, 0.2) is 11.3 Å². The molecule has 1 aliphatic heterocycles. The molecule has 0 spiro atoms. The van der Waals surface area contributed by atoms with Crippen LogP contribution >= 0.6 is 0 Å². The monoisotopic (exact) mass is 641 g/mol.